The Kier molecular flexibility index (Phi) is 37.5. The van der Waals surface area contributed by atoms with Crippen LogP contribution >= 0.6 is 9.24 Å². The second-order valence-corrected chi connectivity index (χ2v) is 20.2. The summed E-state index contributed by atoms with van der Waals surface area (Å²) in [6.07, 6.45) is 55.2. The molecule has 0 heterocycles. The second kappa shape index (κ2) is 41.2. The number of hydrogen-bond acceptors (Lipinski definition) is 2. The number of benzene rings is 2. The van der Waals surface area contributed by atoms with Gasteiger partial charge in [-0.05, 0) is 54.7 Å². The molecule has 0 aliphatic rings. The molecular formula is C58H103O2P. The summed E-state index contributed by atoms with van der Waals surface area (Å²) in [4.78, 5) is 0. The summed E-state index contributed by atoms with van der Waals surface area (Å²) in [6.45, 7) is 8.56. The van der Waals surface area contributed by atoms with E-state index in [1.165, 1.54) is 249 Å². The first-order valence-corrected chi connectivity index (χ1v) is 28.0. The molecule has 0 saturated heterocycles. The van der Waals surface area contributed by atoms with Gasteiger partial charge in [-0.2, -0.15) is 0 Å². The van der Waals surface area contributed by atoms with Gasteiger partial charge in [0.2, 0.25) is 0 Å². The quantitative estimate of drug-likeness (QED) is 0.0488. The molecule has 2 aromatic rings. The smallest absolute Gasteiger partial charge is 0.119 e. The molecule has 0 aliphatic carbocycles. The van der Waals surface area contributed by atoms with E-state index in [1.807, 2.05) is 0 Å². The molecule has 3 heteroatoms. The highest BCUT2D eigenvalue weighted by atomic mass is 31.0. The van der Waals surface area contributed by atoms with Crippen molar-refractivity contribution in [1.29, 1.82) is 0 Å². The van der Waals surface area contributed by atoms with Crippen LogP contribution in [0.15, 0.2) is 48.5 Å². The van der Waals surface area contributed by atoms with Gasteiger partial charge < -0.3 is 9.47 Å². The normalized spacial score (nSPS) is 11.7. The van der Waals surface area contributed by atoms with Crippen LogP contribution in [-0.2, 0) is 5.16 Å². The first kappa shape index (κ1) is 55.6. The zero-order valence-electron chi connectivity index (χ0n) is 41.2. The summed E-state index contributed by atoms with van der Waals surface area (Å²) in [5, 5.41) is -0.109. The van der Waals surface area contributed by atoms with Crippen molar-refractivity contribution in [1.82, 2.24) is 0 Å². The molecule has 0 N–H and O–H groups in total. The molecule has 2 aromatic carbocycles. The molecule has 2 rings (SSSR count). The summed E-state index contributed by atoms with van der Waals surface area (Å²) >= 11 is 0. The minimum atomic E-state index is -0.109. The fourth-order valence-corrected chi connectivity index (χ4v) is 9.78. The molecule has 352 valence electrons. The van der Waals surface area contributed by atoms with Gasteiger partial charge in [0.05, 0.1) is 13.2 Å². The van der Waals surface area contributed by atoms with E-state index < -0.39 is 0 Å². The Morgan fingerprint density at radius 2 is 0.508 bits per heavy atom. The molecule has 61 heavy (non-hydrogen) atoms. The summed E-state index contributed by atoms with van der Waals surface area (Å²) < 4.78 is 12.5. The Balaban J connectivity index is 1.66. The van der Waals surface area contributed by atoms with E-state index >= 15 is 0 Å². The molecular weight excluding hydrogens is 760 g/mol. The molecule has 0 saturated carbocycles. The van der Waals surface area contributed by atoms with Gasteiger partial charge in [0.15, 0.2) is 0 Å². The summed E-state index contributed by atoms with van der Waals surface area (Å²) in [6, 6.07) is 18.1. The van der Waals surface area contributed by atoms with Crippen LogP contribution in [0.1, 0.15) is 289 Å². The van der Waals surface area contributed by atoms with Gasteiger partial charge in [0.25, 0.3) is 0 Å². The zero-order chi connectivity index (χ0) is 43.6. The SMILES string of the molecule is CCCCCCCCCCCCCCCCCCOc1ccc(C(P)(CCCCCCCCC)c2ccc(OCCCCCCCCCCCCCCCCCC)cc2)cc1. The maximum absolute atomic E-state index is 6.25. The minimum Gasteiger partial charge on any atom is -0.494 e. The van der Waals surface area contributed by atoms with E-state index in [1.54, 1.807) is 0 Å². The fourth-order valence-electron chi connectivity index (χ4n) is 9.19. The Hall–Kier alpha value is -1.53. The lowest BCUT2D eigenvalue weighted by molar-refractivity contribution is 0.304. The van der Waals surface area contributed by atoms with Crippen molar-refractivity contribution in [2.45, 2.75) is 283 Å². The molecule has 0 spiro atoms. The van der Waals surface area contributed by atoms with E-state index in [2.05, 4.69) is 78.5 Å². The maximum Gasteiger partial charge on any atom is 0.119 e. The molecule has 1 atom stereocenters. The molecule has 0 aromatic heterocycles. The van der Waals surface area contributed by atoms with Gasteiger partial charge in [-0.1, -0.05) is 283 Å². The molecule has 1 unspecified atom stereocenters. The number of unbranched alkanes of at least 4 members (excludes halogenated alkanes) is 36. The monoisotopic (exact) mass is 863 g/mol. The predicted octanol–water partition coefficient (Wildman–Crippen LogP) is 20.2. The largest absolute Gasteiger partial charge is 0.494 e. The van der Waals surface area contributed by atoms with E-state index in [9.17, 15) is 0 Å². The lowest BCUT2D eigenvalue weighted by atomic mass is 9.85. The van der Waals surface area contributed by atoms with E-state index in [-0.39, 0.29) is 5.16 Å². The highest BCUT2D eigenvalue weighted by Gasteiger charge is 2.29. The predicted molar refractivity (Wildman–Crippen MR) is 276 cm³/mol. The van der Waals surface area contributed by atoms with Gasteiger partial charge in [-0.25, -0.2) is 0 Å². The molecule has 0 amide bonds. The van der Waals surface area contributed by atoms with Crippen molar-refractivity contribution < 1.29 is 9.47 Å². The Morgan fingerprint density at radius 3 is 0.754 bits per heavy atom. The maximum atomic E-state index is 6.25. The lowest BCUT2D eigenvalue weighted by Crippen LogP contribution is -2.20. The number of hydrogen-bond donors (Lipinski definition) is 0. The van der Waals surface area contributed by atoms with Crippen LogP contribution in [0, 0.1) is 0 Å². The lowest BCUT2D eigenvalue weighted by Gasteiger charge is -2.31. The van der Waals surface area contributed by atoms with Crippen molar-refractivity contribution >= 4 is 9.24 Å². The number of rotatable bonds is 46. The molecule has 0 bridgehead atoms. The second-order valence-electron chi connectivity index (χ2n) is 19.2. The third-order valence-corrected chi connectivity index (χ3v) is 14.4. The van der Waals surface area contributed by atoms with Gasteiger partial charge >= 0.3 is 0 Å². The zero-order valence-corrected chi connectivity index (χ0v) is 42.4. The topological polar surface area (TPSA) is 18.5 Å². The Bertz CT molecular complexity index is 1090. The summed E-state index contributed by atoms with van der Waals surface area (Å²) in [7, 11) is 3.29. The molecule has 0 fully saturated rings. The minimum absolute atomic E-state index is 0.109. The fraction of sp³-hybridized carbons (Fsp3) is 0.793. The van der Waals surface area contributed by atoms with Crippen LogP contribution in [0.4, 0.5) is 0 Å². The highest BCUT2D eigenvalue weighted by Crippen LogP contribution is 2.44. The van der Waals surface area contributed by atoms with Crippen molar-refractivity contribution in [3.8, 4) is 11.5 Å². The van der Waals surface area contributed by atoms with Crippen LogP contribution in [0.3, 0.4) is 0 Å². The molecule has 0 aliphatic heterocycles. The molecule has 2 nitrogen and oxygen atoms in total. The van der Waals surface area contributed by atoms with Crippen LogP contribution in [-0.4, -0.2) is 13.2 Å². The first-order chi connectivity index (χ1) is 30.1. The Morgan fingerprint density at radius 1 is 0.295 bits per heavy atom. The van der Waals surface area contributed by atoms with E-state index in [0.717, 1.165) is 44.0 Å². The Labute approximate surface area is 384 Å². The van der Waals surface area contributed by atoms with Crippen LogP contribution in [0.2, 0.25) is 0 Å². The molecule has 0 radical (unpaired) electrons. The average Bonchev–Trinajstić information content (AvgIpc) is 3.28. The van der Waals surface area contributed by atoms with Gasteiger partial charge in [0, 0.05) is 5.16 Å². The van der Waals surface area contributed by atoms with E-state index in [0.29, 0.717) is 0 Å². The van der Waals surface area contributed by atoms with Crippen LogP contribution in [0.25, 0.3) is 0 Å². The van der Waals surface area contributed by atoms with Gasteiger partial charge in [-0.3, -0.25) is 0 Å². The van der Waals surface area contributed by atoms with Crippen LogP contribution < -0.4 is 9.47 Å². The van der Waals surface area contributed by atoms with Gasteiger partial charge in [0.1, 0.15) is 11.5 Å². The summed E-state index contributed by atoms with van der Waals surface area (Å²) in [5.74, 6) is 2.01. The van der Waals surface area contributed by atoms with Crippen molar-refractivity contribution in [3.05, 3.63) is 59.7 Å². The third kappa shape index (κ3) is 30.3. The summed E-state index contributed by atoms with van der Waals surface area (Å²) in [5.41, 5.74) is 2.72. The number of ether oxygens (including phenoxy) is 2. The highest BCUT2D eigenvalue weighted by molar-refractivity contribution is 7.19. The van der Waals surface area contributed by atoms with Crippen molar-refractivity contribution in [2.75, 3.05) is 13.2 Å². The standard InChI is InChI=1S/C58H103O2P/c1-4-7-10-13-16-18-20-22-24-26-28-30-32-35-38-41-52-59-56-47-43-54(44-48-56)58(61,51-40-37-34-15-12-9-6-3)55-45-49-57(50-46-55)60-53-42-39-36-33-31-29-27-25-23-21-19-17-14-11-8-5-2/h43-50H,4-42,51-53,61H2,1-3H3. The van der Waals surface area contributed by atoms with Crippen molar-refractivity contribution in [2.24, 2.45) is 0 Å². The van der Waals surface area contributed by atoms with Crippen LogP contribution in [0.5, 0.6) is 11.5 Å². The third-order valence-electron chi connectivity index (χ3n) is 13.4. The van der Waals surface area contributed by atoms with Gasteiger partial charge in [-0.15, -0.1) is 9.24 Å². The first-order valence-electron chi connectivity index (χ1n) is 27.4. The van der Waals surface area contributed by atoms with E-state index in [4.69, 9.17) is 9.47 Å². The van der Waals surface area contributed by atoms with Crippen molar-refractivity contribution in [3.63, 3.8) is 0 Å². The average molecular weight is 863 g/mol.